The zero-order valence-corrected chi connectivity index (χ0v) is 11.9. The van der Waals surface area contributed by atoms with Crippen LogP contribution in [0.2, 0.25) is 0 Å². The number of nitrogens with two attached hydrogens (primary N) is 1. The van der Waals surface area contributed by atoms with Crippen LogP contribution < -0.4 is 11.1 Å². The molecule has 3 rings (SSSR count). The molecule has 0 radical (unpaired) electrons. The van der Waals surface area contributed by atoms with Gasteiger partial charge in [-0.05, 0) is 38.3 Å². The van der Waals surface area contributed by atoms with Crippen molar-refractivity contribution in [2.24, 2.45) is 5.73 Å². The van der Waals surface area contributed by atoms with Gasteiger partial charge < -0.3 is 15.6 Å². The highest BCUT2D eigenvalue weighted by Gasteiger charge is 2.39. The minimum atomic E-state index is -0.453. The summed E-state index contributed by atoms with van der Waals surface area (Å²) in [5.41, 5.74) is 6.30. The average Bonchev–Trinajstić information content (AvgIpc) is 2.96. The summed E-state index contributed by atoms with van der Waals surface area (Å²) in [6, 6.07) is 8.65. The summed E-state index contributed by atoms with van der Waals surface area (Å²) in [6.45, 7) is 1.81. The van der Waals surface area contributed by atoms with Crippen molar-refractivity contribution in [3.63, 3.8) is 0 Å². The van der Waals surface area contributed by atoms with E-state index in [0.29, 0.717) is 17.3 Å². The Balaban J connectivity index is 1.68. The summed E-state index contributed by atoms with van der Waals surface area (Å²) in [5.74, 6) is 0.740. The topological polar surface area (TPSA) is 94.0 Å². The Morgan fingerprint density at radius 3 is 2.71 bits per heavy atom. The molecular weight excluding hydrogens is 268 g/mol. The predicted molar refractivity (Wildman–Crippen MR) is 76.3 cm³/mol. The Hall–Kier alpha value is -2.21. The minimum absolute atomic E-state index is 0.172. The van der Waals surface area contributed by atoms with Gasteiger partial charge in [-0.25, -0.2) is 0 Å². The van der Waals surface area contributed by atoms with E-state index in [0.717, 1.165) is 19.3 Å². The van der Waals surface area contributed by atoms with Gasteiger partial charge >= 0.3 is 0 Å². The van der Waals surface area contributed by atoms with Gasteiger partial charge in [0.25, 0.3) is 5.91 Å². The maximum atomic E-state index is 12.1. The summed E-state index contributed by atoms with van der Waals surface area (Å²) in [4.78, 5) is 16.4. The summed E-state index contributed by atoms with van der Waals surface area (Å²) in [5, 5.41) is 6.79. The molecule has 6 nitrogen and oxygen atoms in total. The van der Waals surface area contributed by atoms with E-state index in [4.69, 9.17) is 10.3 Å². The first-order valence-electron chi connectivity index (χ1n) is 7.07. The van der Waals surface area contributed by atoms with Gasteiger partial charge in [0.2, 0.25) is 5.89 Å². The van der Waals surface area contributed by atoms with E-state index in [2.05, 4.69) is 15.5 Å². The molecule has 1 unspecified atom stereocenters. The molecule has 21 heavy (non-hydrogen) atoms. The van der Waals surface area contributed by atoms with E-state index >= 15 is 0 Å². The molecule has 1 saturated carbocycles. The van der Waals surface area contributed by atoms with Crippen molar-refractivity contribution in [2.45, 2.75) is 37.8 Å². The predicted octanol–water partition coefficient (Wildman–Crippen LogP) is 1.90. The second-order valence-corrected chi connectivity index (χ2v) is 5.53. The fourth-order valence-electron chi connectivity index (χ4n) is 2.33. The van der Waals surface area contributed by atoms with Crippen LogP contribution in [-0.4, -0.2) is 16.0 Å². The first kappa shape index (κ1) is 13.8. The van der Waals surface area contributed by atoms with Crippen molar-refractivity contribution in [2.75, 3.05) is 0 Å². The van der Waals surface area contributed by atoms with Crippen molar-refractivity contribution in [1.29, 1.82) is 0 Å². The first-order valence-corrected chi connectivity index (χ1v) is 7.07. The standard InChI is InChI=1S/C15H18N4O2/c1-10(17-12(20)11-6-3-2-4-7-11)13-18-14(19-21-13)15(16)8-5-9-15/h2-4,6-7,10H,5,8-9,16H2,1H3,(H,17,20). The van der Waals surface area contributed by atoms with Crippen LogP contribution in [0.3, 0.4) is 0 Å². The SMILES string of the molecule is CC(NC(=O)c1ccccc1)c1nc(C2(N)CCC2)no1. The lowest BCUT2D eigenvalue weighted by atomic mass is 9.77. The van der Waals surface area contributed by atoms with E-state index in [-0.39, 0.29) is 11.9 Å². The number of hydrogen-bond acceptors (Lipinski definition) is 5. The number of aromatic nitrogens is 2. The maximum absolute atomic E-state index is 12.1. The maximum Gasteiger partial charge on any atom is 0.251 e. The zero-order chi connectivity index (χ0) is 14.9. The third-order valence-electron chi connectivity index (χ3n) is 3.89. The number of nitrogens with zero attached hydrogens (tertiary/aromatic N) is 2. The third-order valence-corrected chi connectivity index (χ3v) is 3.89. The highest BCUT2D eigenvalue weighted by Crippen LogP contribution is 2.37. The van der Waals surface area contributed by atoms with E-state index in [9.17, 15) is 4.79 Å². The molecule has 1 atom stereocenters. The van der Waals surface area contributed by atoms with Crippen molar-refractivity contribution in [3.05, 3.63) is 47.6 Å². The fraction of sp³-hybridized carbons (Fsp3) is 0.400. The average molecular weight is 286 g/mol. The molecule has 0 saturated heterocycles. The molecule has 1 heterocycles. The normalized spacial score (nSPS) is 17.8. The molecule has 2 aromatic rings. The Labute approximate surface area is 122 Å². The number of carbonyl (C=O) groups is 1. The molecule has 1 fully saturated rings. The molecule has 0 bridgehead atoms. The number of carbonyl (C=O) groups excluding carboxylic acids is 1. The van der Waals surface area contributed by atoms with Crippen LogP contribution in [-0.2, 0) is 5.54 Å². The lowest BCUT2D eigenvalue weighted by Gasteiger charge is -2.34. The Bertz CT molecular complexity index is 634. The molecule has 6 heteroatoms. The van der Waals surface area contributed by atoms with Gasteiger partial charge in [-0.3, -0.25) is 4.79 Å². The quantitative estimate of drug-likeness (QED) is 0.895. The van der Waals surface area contributed by atoms with Crippen molar-refractivity contribution in [1.82, 2.24) is 15.5 Å². The fourth-order valence-corrected chi connectivity index (χ4v) is 2.33. The Morgan fingerprint density at radius 2 is 2.10 bits per heavy atom. The number of hydrogen-bond donors (Lipinski definition) is 2. The molecular formula is C15H18N4O2. The van der Waals surface area contributed by atoms with E-state index in [1.54, 1.807) is 12.1 Å². The van der Waals surface area contributed by atoms with Crippen molar-refractivity contribution < 1.29 is 9.32 Å². The first-order chi connectivity index (χ1) is 10.1. The second kappa shape index (κ2) is 5.29. The lowest BCUT2D eigenvalue weighted by molar-refractivity contribution is 0.0932. The van der Waals surface area contributed by atoms with Gasteiger partial charge in [0, 0.05) is 5.56 Å². The smallest absolute Gasteiger partial charge is 0.251 e. The van der Waals surface area contributed by atoms with Crippen molar-refractivity contribution in [3.8, 4) is 0 Å². The van der Waals surface area contributed by atoms with E-state index in [1.807, 2.05) is 25.1 Å². The Kier molecular flexibility index (Phi) is 3.47. The number of nitrogens with one attached hydrogen (secondary N) is 1. The van der Waals surface area contributed by atoms with Crippen molar-refractivity contribution >= 4 is 5.91 Å². The van der Waals surface area contributed by atoms with Crippen LogP contribution >= 0.6 is 0 Å². The summed E-state index contributed by atoms with van der Waals surface area (Å²) < 4.78 is 5.23. The molecule has 0 spiro atoms. The highest BCUT2D eigenvalue weighted by atomic mass is 16.5. The molecule has 1 aliphatic rings. The van der Waals surface area contributed by atoms with E-state index in [1.165, 1.54) is 0 Å². The van der Waals surface area contributed by atoms with Crippen LogP contribution in [0.1, 0.15) is 54.3 Å². The molecule has 3 N–H and O–H groups in total. The van der Waals surface area contributed by atoms with E-state index < -0.39 is 5.54 Å². The van der Waals surface area contributed by atoms with Crippen LogP contribution in [0.4, 0.5) is 0 Å². The number of rotatable bonds is 4. The van der Waals surface area contributed by atoms with Crippen LogP contribution in [0.15, 0.2) is 34.9 Å². The molecule has 1 aromatic carbocycles. The summed E-state index contributed by atoms with van der Waals surface area (Å²) in [7, 11) is 0. The molecule has 110 valence electrons. The molecule has 1 amide bonds. The highest BCUT2D eigenvalue weighted by molar-refractivity contribution is 5.94. The van der Waals surface area contributed by atoms with Gasteiger partial charge in [0.15, 0.2) is 5.82 Å². The zero-order valence-electron chi connectivity index (χ0n) is 11.9. The van der Waals surface area contributed by atoms with Crippen LogP contribution in [0.25, 0.3) is 0 Å². The van der Waals surface area contributed by atoms with Gasteiger partial charge in [-0.1, -0.05) is 23.4 Å². The minimum Gasteiger partial charge on any atom is -0.341 e. The van der Waals surface area contributed by atoms with Gasteiger partial charge in [-0.15, -0.1) is 0 Å². The summed E-state index contributed by atoms with van der Waals surface area (Å²) >= 11 is 0. The lowest BCUT2D eigenvalue weighted by Crippen LogP contribution is -2.44. The van der Waals surface area contributed by atoms with Gasteiger partial charge in [-0.2, -0.15) is 4.98 Å². The van der Waals surface area contributed by atoms with Gasteiger partial charge in [0.1, 0.15) is 6.04 Å². The largest absolute Gasteiger partial charge is 0.341 e. The molecule has 1 aromatic heterocycles. The monoisotopic (exact) mass is 286 g/mol. The summed E-state index contributed by atoms with van der Waals surface area (Å²) in [6.07, 6.45) is 2.83. The third kappa shape index (κ3) is 2.67. The second-order valence-electron chi connectivity index (χ2n) is 5.53. The number of amides is 1. The molecule has 1 aliphatic carbocycles. The number of benzene rings is 1. The Morgan fingerprint density at radius 1 is 1.38 bits per heavy atom. The molecule has 0 aliphatic heterocycles. The van der Waals surface area contributed by atoms with Crippen LogP contribution in [0.5, 0.6) is 0 Å². The van der Waals surface area contributed by atoms with Gasteiger partial charge in [0.05, 0.1) is 5.54 Å². The van der Waals surface area contributed by atoms with Crippen LogP contribution in [0, 0.1) is 0 Å².